The van der Waals surface area contributed by atoms with E-state index in [-0.39, 0.29) is 0 Å². The Balaban J connectivity index is 2.78. The third-order valence-corrected chi connectivity index (χ3v) is 1.87. The highest BCUT2D eigenvalue weighted by Crippen LogP contribution is 2.27. The van der Waals surface area contributed by atoms with E-state index in [0.29, 0.717) is 23.9 Å². The van der Waals surface area contributed by atoms with E-state index in [9.17, 15) is 5.02 Å². The van der Waals surface area contributed by atoms with E-state index in [1.807, 2.05) is 0 Å². The average Bonchev–Trinajstić information content (AvgIpc) is 2.28. The summed E-state index contributed by atoms with van der Waals surface area (Å²) in [6.45, 7) is 2.13. The fraction of sp³-hybridized carbons (Fsp3) is 0.400. The Morgan fingerprint density at radius 3 is 2.00 bits per heavy atom. The van der Waals surface area contributed by atoms with Gasteiger partial charge in [-0.2, -0.15) is 0 Å². The van der Waals surface area contributed by atoms with E-state index in [1.165, 1.54) is 14.2 Å². The standard InChI is InChI=1S/C10H15BO5/c1-4-15-11(12)16-10-6-8(13-2)5-9(7-10)14-3/h5-7,12H,4H2,1-3H3. The molecule has 0 aliphatic carbocycles. The zero-order valence-electron chi connectivity index (χ0n) is 9.60. The molecule has 0 atom stereocenters. The first-order valence-corrected chi connectivity index (χ1v) is 4.89. The molecule has 1 aromatic rings. The summed E-state index contributed by atoms with van der Waals surface area (Å²) in [7, 11) is 1.79. The maximum Gasteiger partial charge on any atom is 0.710 e. The van der Waals surface area contributed by atoms with Gasteiger partial charge in [-0.05, 0) is 6.92 Å². The lowest BCUT2D eigenvalue weighted by molar-refractivity contribution is 0.204. The minimum absolute atomic E-state index is 0.363. The summed E-state index contributed by atoms with van der Waals surface area (Å²) in [6, 6.07) is 4.97. The quantitative estimate of drug-likeness (QED) is 0.736. The zero-order valence-corrected chi connectivity index (χ0v) is 9.60. The van der Waals surface area contributed by atoms with Crippen molar-refractivity contribution in [3.05, 3.63) is 18.2 Å². The van der Waals surface area contributed by atoms with Gasteiger partial charge in [0.05, 0.1) is 14.2 Å². The van der Waals surface area contributed by atoms with Gasteiger partial charge in [0, 0.05) is 24.8 Å². The lowest BCUT2D eigenvalue weighted by Crippen LogP contribution is -2.25. The number of ether oxygens (including phenoxy) is 2. The van der Waals surface area contributed by atoms with E-state index in [0.717, 1.165) is 0 Å². The highest BCUT2D eigenvalue weighted by molar-refractivity contribution is 6.35. The molecule has 5 nitrogen and oxygen atoms in total. The maximum absolute atomic E-state index is 9.30. The molecule has 6 heteroatoms. The lowest BCUT2D eigenvalue weighted by atomic mass is 10.2. The molecule has 0 bridgehead atoms. The Morgan fingerprint density at radius 2 is 1.56 bits per heavy atom. The normalized spacial score (nSPS) is 9.75. The third-order valence-electron chi connectivity index (χ3n) is 1.87. The van der Waals surface area contributed by atoms with Crippen LogP contribution in [-0.4, -0.2) is 33.2 Å². The maximum atomic E-state index is 9.30. The van der Waals surface area contributed by atoms with Gasteiger partial charge in [-0.3, -0.25) is 0 Å². The zero-order chi connectivity index (χ0) is 12.0. The van der Waals surface area contributed by atoms with Crippen LogP contribution in [0, 0.1) is 0 Å². The van der Waals surface area contributed by atoms with Gasteiger partial charge in [0.15, 0.2) is 0 Å². The van der Waals surface area contributed by atoms with Gasteiger partial charge < -0.3 is 23.8 Å². The van der Waals surface area contributed by atoms with Crippen molar-refractivity contribution in [2.45, 2.75) is 6.92 Å². The van der Waals surface area contributed by atoms with Crippen LogP contribution in [0.3, 0.4) is 0 Å². The van der Waals surface area contributed by atoms with Crippen LogP contribution in [0.5, 0.6) is 17.2 Å². The van der Waals surface area contributed by atoms with E-state index < -0.39 is 7.32 Å². The first-order chi connectivity index (χ1) is 7.69. The minimum atomic E-state index is -1.29. The van der Waals surface area contributed by atoms with Crippen LogP contribution < -0.4 is 14.1 Å². The third kappa shape index (κ3) is 3.64. The Labute approximate surface area is 95.1 Å². The second kappa shape index (κ2) is 6.24. The summed E-state index contributed by atoms with van der Waals surface area (Å²) in [5.74, 6) is 1.58. The van der Waals surface area contributed by atoms with Gasteiger partial charge in [0.25, 0.3) is 0 Å². The smallest absolute Gasteiger partial charge is 0.512 e. The van der Waals surface area contributed by atoms with Crippen molar-refractivity contribution < 1.29 is 23.8 Å². The van der Waals surface area contributed by atoms with Gasteiger partial charge >= 0.3 is 7.32 Å². The molecular formula is C10H15BO5. The molecule has 1 rings (SSSR count). The van der Waals surface area contributed by atoms with Crippen LogP contribution in [0.4, 0.5) is 0 Å². The number of hydrogen-bond acceptors (Lipinski definition) is 5. The van der Waals surface area contributed by atoms with Crippen LogP contribution >= 0.6 is 0 Å². The van der Waals surface area contributed by atoms with Crippen LogP contribution in [0.1, 0.15) is 6.92 Å². The molecule has 0 amide bonds. The van der Waals surface area contributed by atoms with Crippen molar-refractivity contribution >= 4 is 7.32 Å². The molecule has 1 aromatic carbocycles. The van der Waals surface area contributed by atoms with Crippen LogP contribution in [0.2, 0.25) is 0 Å². The molecule has 0 spiro atoms. The van der Waals surface area contributed by atoms with Gasteiger partial charge in [-0.1, -0.05) is 0 Å². The number of rotatable bonds is 6. The molecule has 0 aromatic heterocycles. The second-order valence-electron chi connectivity index (χ2n) is 2.93. The van der Waals surface area contributed by atoms with Gasteiger partial charge in [-0.25, -0.2) is 0 Å². The minimum Gasteiger partial charge on any atom is -0.512 e. The molecule has 0 saturated carbocycles. The summed E-state index contributed by atoms with van der Waals surface area (Å²) in [4.78, 5) is 0. The van der Waals surface area contributed by atoms with Crippen molar-refractivity contribution in [3.8, 4) is 17.2 Å². The summed E-state index contributed by atoms with van der Waals surface area (Å²) >= 11 is 0. The average molecular weight is 226 g/mol. The number of benzene rings is 1. The van der Waals surface area contributed by atoms with Gasteiger partial charge in [0.2, 0.25) is 0 Å². The molecule has 0 aliphatic heterocycles. The van der Waals surface area contributed by atoms with E-state index in [1.54, 1.807) is 25.1 Å². The number of methoxy groups -OCH3 is 2. The summed E-state index contributed by atoms with van der Waals surface area (Å²) < 4.78 is 20.1. The van der Waals surface area contributed by atoms with Crippen molar-refractivity contribution in [1.82, 2.24) is 0 Å². The summed E-state index contributed by atoms with van der Waals surface area (Å²) in [6.07, 6.45) is 0. The van der Waals surface area contributed by atoms with E-state index in [2.05, 4.69) is 0 Å². The first-order valence-electron chi connectivity index (χ1n) is 4.89. The Kier molecular flexibility index (Phi) is 4.95. The summed E-state index contributed by atoms with van der Waals surface area (Å²) in [5, 5.41) is 9.30. The monoisotopic (exact) mass is 226 g/mol. The fourth-order valence-corrected chi connectivity index (χ4v) is 1.14. The van der Waals surface area contributed by atoms with Gasteiger partial charge in [-0.15, -0.1) is 0 Å². The SMILES string of the molecule is CCOB(O)Oc1cc(OC)cc(OC)c1. The van der Waals surface area contributed by atoms with Crippen molar-refractivity contribution in [2.75, 3.05) is 20.8 Å². The Bertz CT molecular complexity index is 309. The summed E-state index contributed by atoms with van der Waals surface area (Å²) in [5.41, 5.74) is 0. The lowest BCUT2D eigenvalue weighted by Gasteiger charge is -2.11. The Morgan fingerprint density at radius 1 is 1.06 bits per heavy atom. The van der Waals surface area contributed by atoms with Crippen molar-refractivity contribution in [2.24, 2.45) is 0 Å². The van der Waals surface area contributed by atoms with Crippen LogP contribution in [0.15, 0.2) is 18.2 Å². The molecule has 0 heterocycles. The predicted molar refractivity (Wildman–Crippen MR) is 59.8 cm³/mol. The molecular weight excluding hydrogens is 211 g/mol. The molecule has 1 N–H and O–H groups in total. The Hall–Kier alpha value is -1.40. The molecule has 88 valence electrons. The molecule has 0 aliphatic rings. The fourth-order valence-electron chi connectivity index (χ4n) is 1.14. The van der Waals surface area contributed by atoms with Crippen molar-refractivity contribution in [1.29, 1.82) is 0 Å². The number of hydrogen-bond donors (Lipinski definition) is 1. The second-order valence-corrected chi connectivity index (χ2v) is 2.93. The largest absolute Gasteiger partial charge is 0.710 e. The molecule has 0 radical (unpaired) electrons. The van der Waals surface area contributed by atoms with Crippen LogP contribution in [0.25, 0.3) is 0 Å². The van der Waals surface area contributed by atoms with Crippen molar-refractivity contribution in [3.63, 3.8) is 0 Å². The van der Waals surface area contributed by atoms with Crippen LogP contribution in [-0.2, 0) is 4.65 Å². The topological polar surface area (TPSA) is 57.2 Å². The molecule has 0 fully saturated rings. The van der Waals surface area contributed by atoms with E-state index >= 15 is 0 Å². The van der Waals surface area contributed by atoms with E-state index in [4.69, 9.17) is 18.8 Å². The first kappa shape index (κ1) is 12.7. The molecule has 0 unspecified atom stereocenters. The molecule has 16 heavy (non-hydrogen) atoms. The highest BCUT2D eigenvalue weighted by atomic mass is 16.7. The van der Waals surface area contributed by atoms with Gasteiger partial charge in [0.1, 0.15) is 17.2 Å². The molecule has 0 saturated heterocycles. The highest BCUT2D eigenvalue weighted by Gasteiger charge is 2.18. The predicted octanol–water partition coefficient (Wildman–Crippen LogP) is 1.10.